The summed E-state index contributed by atoms with van der Waals surface area (Å²) in [6, 6.07) is 0. The van der Waals surface area contributed by atoms with Gasteiger partial charge in [-0.05, 0) is 18.9 Å². The maximum atomic E-state index is 12.3. The summed E-state index contributed by atoms with van der Waals surface area (Å²) in [6.45, 7) is -0.254. The summed E-state index contributed by atoms with van der Waals surface area (Å²) >= 11 is 0. The van der Waals surface area contributed by atoms with Gasteiger partial charge >= 0.3 is 0 Å². The second-order valence-corrected chi connectivity index (χ2v) is 8.76. The first-order valence-corrected chi connectivity index (χ1v) is 12.6. The van der Waals surface area contributed by atoms with E-state index in [9.17, 15) is 30.0 Å². The number of Topliss-reactive ketones (excluding diaryl/α,β-unsaturated/α-hetero) is 1. The molecule has 0 rings (SSSR count). The van der Waals surface area contributed by atoms with E-state index in [2.05, 4.69) is 6.92 Å². The maximum absolute atomic E-state index is 12.3. The summed E-state index contributed by atoms with van der Waals surface area (Å²) in [4.78, 5) is 24.3. The van der Waals surface area contributed by atoms with Crippen LogP contribution in [0.25, 0.3) is 0 Å². The van der Waals surface area contributed by atoms with E-state index >= 15 is 0 Å². The van der Waals surface area contributed by atoms with Crippen LogP contribution in [0.3, 0.4) is 0 Å². The third-order valence-corrected chi connectivity index (χ3v) is 5.71. The van der Waals surface area contributed by atoms with Crippen molar-refractivity contribution in [2.24, 2.45) is 0 Å². The fraction of sp³-hybridized carbons (Fsp3) is 0.840. The van der Waals surface area contributed by atoms with Crippen LogP contribution in [0.15, 0.2) is 12.2 Å². The molecule has 0 aromatic rings. The zero-order valence-electron chi connectivity index (χ0n) is 20.6. The van der Waals surface area contributed by atoms with Gasteiger partial charge in [-0.1, -0.05) is 77.2 Å². The van der Waals surface area contributed by atoms with E-state index in [0.29, 0.717) is 6.42 Å². The molecule has 0 bridgehead atoms. The quantitative estimate of drug-likeness (QED) is 0.0911. The van der Waals surface area contributed by atoms with Crippen molar-refractivity contribution in [3.8, 4) is 0 Å². The highest BCUT2D eigenvalue weighted by atomic mass is 16.5. The Balaban J connectivity index is 4.24. The van der Waals surface area contributed by atoms with E-state index in [1.165, 1.54) is 57.4 Å². The van der Waals surface area contributed by atoms with E-state index in [0.717, 1.165) is 19.3 Å². The van der Waals surface area contributed by atoms with Gasteiger partial charge in [-0.3, -0.25) is 9.59 Å². The fourth-order valence-electron chi connectivity index (χ4n) is 3.47. The Kier molecular flexibility index (Phi) is 20.4. The van der Waals surface area contributed by atoms with Gasteiger partial charge in [-0.25, -0.2) is 0 Å². The summed E-state index contributed by atoms with van der Waals surface area (Å²) < 4.78 is 5.09. The van der Waals surface area contributed by atoms with E-state index in [-0.39, 0.29) is 0 Å². The van der Waals surface area contributed by atoms with Crippen LogP contribution >= 0.6 is 0 Å². The molecule has 0 amide bonds. The largest absolute Gasteiger partial charge is 0.394 e. The molecule has 2 unspecified atom stereocenters. The molecule has 0 aromatic heterocycles. The van der Waals surface area contributed by atoms with E-state index in [4.69, 9.17) is 14.9 Å². The number of unbranched alkanes of at least 4 members (excludes halogenated alkanes) is 11. The van der Waals surface area contributed by atoms with Crippen molar-refractivity contribution in [1.82, 2.24) is 0 Å². The number of ketones is 2. The van der Waals surface area contributed by atoms with Crippen molar-refractivity contribution in [3.05, 3.63) is 12.2 Å². The highest BCUT2D eigenvalue weighted by Gasteiger charge is 2.32. The summed E-state index contributed by atoms with van der Waals surface area (Å²) in [6.07, 6.45) is 8.22. The normalized spacial score (nSPS) is 16.3. The molecule has 9 nitrogen and oxygen atoms in total. The molecule has 0 aliphatic rings. The van der Waals surface area contributed by atoms with E-state index in [1.807, 2.05) is 0 Å². The molecule has 34 heavy (non-hydrogen) atoms. The molecule has 0 aliphatic heterocycles. The monoisotopic (exact) mass is 490 g/mol. The summed E-state index contributed by atoms with van der Waals surface area (Å²) in [5.41, 5.74) is 0. The zero-order valence-corrected chi connectivity index (χ0v) is 20.6. The topological polar surface area (TPSA) is 165 Å². The van der Waals surface area contributed by atoms with Crippen LogP contribution in [0, 0.1) is 0 Å². The number of ether oxygens (including phenoxy) is 1. The molecule has 0 aliphatic carbocycles. The third-order valence-electron chi connectivity index (χ3n) is 5.71. The maximum Gasteiger partial charge on any atom is 0.189 e. The Morgan fingerprint density at radius 2 is 1.26 bits per heavy atom. The molecular weight excluding hydrogens is 444 g/mol. The van der Waals surface area contributed by atoms with Crippen molar-refractivity contribution >= 4 is 11.6 Å². The fourth-order valence-corrected chi connectivity index (χ4v) is 3.47. The highest BCUT2D eigenvalue weighted by Crippen LogP contribution is 2.12. The number of aliphatic hydroxyl groups is 6. The molecule has 0 spiro atoms. The minimum Gasteiger partial charge on any atom is -0.394 e. The number of carbonyl (C=O) groups is 2. The van der Waals surface area contributed by atoms with Gasteiger partial charge in [0, 0.05) is 0 Å². The first-order valence-electron chi connectivity index (χ1n) is 12.6. The molecule has 200 valence electrons. The molecule has 9 heteroatoms. The standard InChI is InChI=1S/C25H46O9/c1-2-3-4-5-6-7-8-9-10-11-12-13-14-15-19(28)25(21(30)17-27)34-18-22(31)24(33)23(32)20(29)16-26/h14-15,20-21,23-27,29-30,32-33H,2-13,16-18H2,1H3/t20-,21?,23-,24-,25?/m1/s1. The van der Waals surface area contributed by atoms with Gasteiger partial charge in [0.15, 0.2) is 11.6 Å². The lowest BCUT2D eigenvalue weighted by atomic mass is 10.0. The second-order valence-electron chi connectivity index (χ2n) is 8.76. The van der Waals surface area contributed by atoms with Gasteiger partial charge in [-0.2, -0.15) is 0 Å². The predicted octanol–water partition coefficient (Wildman–Crippen LogP) is 1.20. The van der Waals surface area contributed by atoms with E-state index < -0.39 is 61.9 Å². The second kappa shape index (κ2) is 21.1. The van der Waals surface area contributed by atoms with Gasteiger partial charge in [0.05, 0.1) is 13.2 Å². The molecule has 0 heterocycles. The van der Waals surface area contributed by atoms with Crippen molar-refractivity contribution in [2.45, 2.75) is 114 Å². The first-order chi connectivity index (χ1) is 16.3. The Morgan fingerprint density at radius 3 is 1.76 bits per heavy atom. The summed E-state index contributed by atoms with van der Waals surface area (Å²) in [7, 11) is 0. The summed E-state index contributed by atoms with van der Waals surface area (Å²) in [5, 5.41) is 56.4. The lowest BCUT2D eigenvalue weighted by Gasteiger charge is -2.23. The van der Waals surface area contributed by atoms with Crippen molar-refractivity contribution in [2.75, 3.05) is 19.8 Å². The van der Waals surface area contributed by atoms with Crippen molar-refractivity contribution < 1.29 is 45.0 Å². The van der Waals surface area contributed by atoms with Gasteiger partial charge in [0.2, 0.25) is 0 Å². The van der Waals surface area contributed by atoms with E-state index in [1.54, 1.807) is 6.08 Å². The average molecular weight is 491 g/mol. The van der Waals surface area contributed by atoms with Crippen LogP contribution in [0.2, 0.25) is 0 Å². The van der Waals surface area contributed by atoms with Crippen LogP contribution in [-0.2, 0) is 14.3 Å². The van der Waals surface area contributed by atoms with Crippen LogP contribution in [0.5, 0.6) is 0 Å². The first kappa shape index (κ1) is 32.8. The molecule has 6 N–H and O–H groups in total. The van der Waals surface area contributed by atoms with Crippen LogP contribution in [0.4, 0.5) is 0 Å². The van der Waals surface area contributed by atoms with Gasteiger partial charge in [0.25, 0.3) is 0 Å². The number of hydrogen-bond acceptors (Lipinski definition) is 9. The lowest BCUT2D eigenvalue weighted by molar-refractivity contribution is -0.152. The Morgan fingerprint density at radius 1 is 0.765 bits per heavy atom. The smallest absolute Gasteiger partial charge is 0.189 e. The minimum absolute atomic E-state index is 0.636. The Labute approximate surface area is 203 Å². The highest BCUT2D eigenvalue weighted by molar-refractivity contribution is 5.94. The van der Waals surface area contributed by atoms with Crippen molar-refractivity contribution in [1.29, 1.82) is 0 Å². The third kappa shape index (κ3) is 14.9. The summed E-state index contributed by atoms with van der Waals surface area (Å²) in [5.74, 6) is -1.68. The van der Waals surface area contributed by atoms with Gasteiger partial charge in [-0.15, -0.1) is 0 Å². The van der Waals surface area contributed by atoms with Crippen molar-refractivity contribution in [3.63, 3.8) is 0 Å². The molecule has 5 atom stereocenters. The average Bonchev–Trinajstić information content (AvgIpc) is 2.84. The minimum atomic E-state index is -2.04. The number of aliphatic hydroxyl groups excluding tert-OH is 6. The molecule has 0 fully saturated rings. The zero-order chi connectivity index (χ0) is 25.8. The number of allylic oxidation sites excluding steroid dienone is 1. The Bertz CT molecular complexity index is 553. The molecular formula is C25H46O9. The lowest BCUT2D eigenvalue weighted by Crippen LogP contribution is -2.46. The van der Waals surface area contributed by atoms with Gasteiger partial charge < -0.3 is 35.4 Å². The van der Waals surface area contributed by atoms with Crippen LogP contribution < -0.4 is 0 Å². The predicted molar refractivity (Wildman–Crippen MR) is 128 cm³/mol. The van der Waals surface area contributed by atoms with Crippen LogP contribution in [0.1, 0.15) is 84.0 Å². The number of rotatable bonds is 23. The molecule has 0 saturated heterocycles. The number of carbonyl (C=O) groups excluding carboxylic acids is 2. The molecule has 0 radical (unpaired) electrons. The SMILES string of the molecule is CCCCCCCCCCCCCC=CC(=O)C(OCC(=O)[C@@H](O)[C@H](O)[C@H](O)CO)C(O)CO. The molecule has 0 saturated carbocycles. The Hall–Kier alpha value is -1.20. The molecule has 0 aromatic carbocycles. The van der Waals surface area contributed by atoms with Gasteiger partial charge in [0.1, 0.15) is 37.1 Å². The number of hydrogen-bond donors (Lipinski definition) is 6. The van der Waals surface area contributed by atoms with Crippen LogP contribution in [-0.4, -0.2) is 92.5 Å².